The SMILES string of the molecule is CC(C)C/C=C1/NC(=NCCC2=CCCCC2)N(Cc2ccccc2)C1=O. The molecule has 2 aliphatic rings. The molecule has 1 aromatic carbocycles. The number of carbonyl (C=O) groups is 1. The van der Waals surface area contributed by atoms with Crippen LogP contribution in [0.5, 0.6) is 0 Å². The van der Waals surface area contributed by atoms with Crippen LogP contribution in [-0.4, -0.2) is 23.3 Å². The first-order valence-corrected chi connectivity index (χ1v) is 10.2. The fraction of sp³-hybridized carbons (Fsp3) is 0.478. The van der Waals surface area contributed by atoms with Gasteiger partial charge >= 0.3 is 0 Å². The zero-order chi connectivity index (χ0) is 19.1. The summed E-state index contributed by atoms with van der Waals surface area (Å²) in [5, 5.41) is 3.27. The average molecular weight is 366 g/mol. The molecule has 3 rings (SSSR count). The van der Waals surface area contributed by atoms with Crippen LogP contribution >= 0.6 is 0 Å². The van der Waals surface area contributed by atoms with Crippen molar-refractivity contribution >= 4 is 11.9 Å². The molecule has 1 saturated heterocycles. The van der Waals surface area contributed by atoms with Crippen LogP contribution in [-0.2, 0) is 11.3 Å². The maximum atomic E-state index is 12.9. The van der Waals surface area contributed by atoms with Crippen molar-refractivity contribution < 1.29 is 4.79 Å². The summed E-state index contributed by atoms with van der Waals surface area (Å²) in [6.45, 7) is 5.59. The highest BCUT2D eigenvalue weighted by Crippen LogP contribution is 2.21. The van der Waals surface area contributed by atoms with Crippen molar-refractivity contribution in [3.05, 3.63) is 59.3 Å². The molecule has 27 heavy (non-hydrogen) atoms. The Balaban J connectivity index is 1.72. The van der Waals surface area contributed by atoms with Gasteiger partial charge in [0.1, 0.15) is 5.70 Å². The molecule has 1 fully saturated rings. The second-order valence-electron chi connectivity index (χ2n) is 7.81. The molecule has 0 radical (unpaired) electrons. The number of hydrogen-bond donors (Lipinski definition) is 1. The summed E-state index contributed by atoms with van der Waals surface area (Å²) >= 11 is 0. The molecule has 144 valence electrons. The second kappa shape index (κ2) is 9.54. The van der Waals surface area contributed by atoms with Crippen molar-refractivity contribution in [2.24, 2.45) is 10.9 Å². The van der Waals surface area contributed by atoms with Crippen LogP contribution in [0.1, 0.15) is 57.9 Å². The van der Waals surface area contributed by atoms with Crippen molar-refractivity contribution in [3.8, 4) is 0 Å². The zero-order valence-electron chi connectivity index (χ0n) is 16.6. The highest BCUT2D eigenvalue weighted by Gasteiger charge is 2.31. The second-order valence-corrected chi connectivity index (χ2v) is 7.81. The zero-order valence-corrected chi connectivity index (χ0v) is 16.6. The van der Waals surface area contributed by atoms with Gasteiger partial charge in [0.25, 0.3) is 5.91 Å². The van der Waals surface area contributed by atoms with E-state index in [0.717, 1.165) is 24.9 Å². The van der Waals surface area contributed by atoms with E-state index >= 15 is 0 Å². The smallest absolute Gasteiger partial charge is 0.277 e. The first kappa shape index (κ1) is 19.4. The molecule has 0 atom stereocenters. The van der Waals surface area contributed by atoms with Crippen LogP contribution in [0, 0.1) is 5.92 Å². The fourth-order valence-electron chi connectivity index (χ4n) is 3.45. The summed E-state index contributed by atoms with van der Waals surface area (Å²) in [5.74, 6) is 1.24. The summed E-state index contributed by atoms with van der Waals surface area (Å²) < 4.78 is 0. The van der Waals surface area contributed by atoms with Crippen molar-refractivity contribution in [1.29, 1.82) is 0 Å². The third-order valence-electron chi connectivity index (χ3n) is 5.03. The van der Waals surface area contributed by atoms with Gasteiger partial charge in [-0.25, -0.2) is 0 Å². The Kier molecular flexibility index (Phi) is 6.86. The molecule has 0 unspecified atom stereocenters. The molecule has 1 amide bonds. The van der Waals surface area contributed by atoms with E-state index < -0.39 is 0 Å². The summed E-state index contributed by atoms with van der Waals surface area (Å²) in [6, 6.07) is 10.1. The lowest BCUT2D eigenvalue weighted by Crippen LogP contribution is -2.32. The summed E-state index contributed by atoms with van der Waals surface area (Å²) in [4.78, 5) is 19.4. The van der Waals surface area contributed by atoms with Gasteiger partial charge in [0.2, 0.25) is 5.96 Å². The Hall–Kier alpha value is -2.36. The lowest BCUT2D eigenvalue weighted by Gasteiger charge is -2.16. The van der Waals surface area contributed by atoms with E-state index in [4.69, 9.17) is 4.99 Å². The van der Waals surface area contributed by atoms with Gasteiger partial charge in [-0.1, -0.05) is 61.9 Å². The Bertz CT molecular complexity index is 731. The predicted octanol–water partition coefficient (Wildman–Crippen LogP) is 4.79. The van der Waals surface area contributed by atoms with Gasteiger partial charge < -0.3 is 5.32 Å². The van der Waals surface area contributed by atoms with Crippen molar-refractivity contribution in [2.45, 2.75) is 58.9 Å². The van der Waals surface area contributed by atoms with E-state index in [1.165, 1.54) is 31.3 Å². The number of amides is 1. The number of guanidine groups is 1. The maximum absolute atomic E-state index is 12.9. The first-order chi connectivity index (χ1) is 13.1. The van der Waals surface area contributed by atoms with Crippen LogP contribution in [0.4, 0.5) is 0 Å². The van der Waals surface area contributed by atoms with Crippen molar-refractivity contribution in [3.63, 3.8) is 0 Å². The number of rotatable bonds is 7. The number of carbonyl (C=O) groups excluding carboxylic acids is 1. The van der Waals surface area contributed by atoms with E-state index in [9.17, 15) is 4.79 Å². The summed E-state index contributed by atoms with van der Waals surface area (Å²) in [6.07, 6.45) is 11.3. The maximum Gasteiger partial charge on any atom is 0.277 e. The van der Waals surface area contributed by atoms with Gasteiger partial charge in [0.05, 0.1) is 6.54 Å². The number of aliphatic imine (C=N–C) groups is 1. The summed E-state index contributed by atoms with van der Waals surface area (Å²) in [7, 11) is 0. The molecule has 4 heteroatoms. The number of nitrogens with one attached hydrogen (secondary N) is 1. The molecule has 0 spiro atoms. The molecular weight excluding hydrogens is 334 g/mol. The molecule has 4 nitrogen and oxygen atoms in total. The number of hydrogen-bond acceptors (Lipinski definition) is 2. The molecule has 1 aliphatic heterocycles. The Morgan fingerprint density at radius 3 is 2.74 bits per heavy atom. The molecule has 0 saturated carbocycles. The third-order valence-corrected chi connectivity index (χ3v) is 5.03. The summed E-state index contributed by atoms with van der Waals surface area (Å²) in [5.41, 5.74) is 3.29. The van der Waals surface area contributed by atoms with Gasteiger partial charge in [-0.15, -0.1) is 0 Å². The Labute approximate surface area is 163 Å². The lowest BCUT2D eigenvalue weighted by molar-refractivity contribution is -0.122. The normalized spacial score (nSPS) is 20.5. The van der Waals surface area contributed by atoms with Gasteiger partial charge in [-0.3, -0.25) is 14.7 Å². The monoisotopic (exact) mass is 365 g/mol. The fourth-order valence-corrected chi connectivity index (χ4v) is 3.45. The van der Waals surface area contributed by atoms with Crippen LogP contribution in [0.3, 0.4) is 0 Å². The molecular formula is C23H31N3O. The number of nitrogens with zero attached hydrogens (tertiary/aromatic N) is 2. The van der Waals surface area contributed by atoms with Crippen molar-refractivity contribution in [2.75, 3.05) is 6.54 Å². The lowest BCUT2D eigenvalue weighted by atomic mass is 9.97. The van der Waals surface area contributed by atoms with E-state index in [-0.39, 0.29) is 5.91 Å². The molecule has 0 bridgehead atoms. The van der Waals surface area contributed by atoms with Crippen LogP contribution in [0.2, 0.25) is 0 Å². The Morgan fingerprint density at radius 1 is 1.22 bits per heavy atom. The van der Waals surface area contributed by atoms with E-state index in [0.29, 0.717) is 24.1 Å². The van der Waals surface area contributed by atoms with E-state index in [2.05, 4.69) is 25.2 Å². The standard InChI is InChI=1S/C23H31N3O/c1-18(2)13-14-21-22(27)26(17-20-11-7-4-8-12-20)23(25-21)24-16-15-19-9-5-3-6-10-19/h4,7-9,11-12,14,18H,3,5-6,10,13,15-17H2,1-2H3,(H,24,25)/b21-14+. The Morgan fingerprint density at radius 2 is 2.04 bits per heavy atom. The van der Waals surface area contributed by atoms with Gasteiger partial charge in [0.15, 0.2) is 0 Å². The van der Waals surface area contributed by atoms with Gasteiger partial charge in [-0.2, -0.15) is 0 Å². The molecule has 1 N–H and O–H groups in total. The minimum atomic E-state index is 0.0233. The molecule has 0 aromatic heterocycles. The number of allylic oxidation sites excluding steroid dienone is 2. The largest absolute Gasteiger partial charge is 0.321 e. The molecule has 1 heterocycles. The van der Waals surface area contributed by atoms with Crippen LogP contribution in [0.15, 0.2) is 58.7 Å². The van der Waals surface area contributed by atoms with Gasteiger partial charge in [0, 0.05) is 6.54 Å². The van der Waals surface area contributed by atoms with E-state index in [1.54, 1.807) is 4.90 Å². The molecule has 1 aliphatic carbocycles. The highest BCUT2D eigenvalue weighted by atomic mass is 16.2. The predicted molar refractivity (Wildman–Crippen MR) is 111 cm³/mol. The number of benzene rings is 1. The van der Waals surface area contributed by atoms with Gasteiger partial charge in [-0.05, 0) is 50.0 Å². The average Bonchev–Trinajstić information content (AvgIpc) is 2.97. The topological polar surface area (TPSA) is 44.7 Å². The molecule has 1 aromatic rings. The van der Waals surface area contributed by atoms with Crippen molar-refractivity contribution in [1.82, 2.24) is 10.2 Å². The third kappa shape index (κ3) is 5.56. The van der Waals surface area contributed by atoms with Crippen LogP contribution in [0.25, 0.3) is 0 Å². The highest BCUT2D eigenvalue weighted by molar-refractivity contribution is 6.13. The quantitative estimate of drug-likeness (QED) is 0.557. The van der Waals surface area contributed by atoms with E-state index in [1.807, 2.05) is 36.4 Å². The van der Waals surface area contributed by atoms with Crippen LogP contribution < -0.4 is 5.32 Å². The first-order valence-electron chi connectivity index (χ1n) is 10.2. The minimum absolute atomic E-state index is 0.0233. The minimum Gasteiger partial charge on any atom is -0.321 e.